The Morgan fingerprint density at radius 2 is 1.67 bits per heavy atom. The second-order valence-corrected chi connectivity index (χ2v) is 15.7. The number of carboxylic acids is 1. The monoisotopic (exact) mass is 797 g/mol. The van der Waals surface area contributed by atoms with Crippen molar-refractivity contribution in [1.82, 2.24) is 14.8 Å². The van der Waals surface area contributed by atoms with E-state index in [4.69, 9.17) is 9.47 Å². The van der Waals surface area contributed by atoms with Crippen LogP contribution >= 0.6 is 11.3 Å². The van der Waals surface area contributed by atoms with Gasteiger partial charge in [-0.15, -0.1) is 0 Å². The zero-order valence-electron chi connectivity index (χ0n) is 30.8. The number of nitrogens with zero attached hydrogens (tertiary/aromatic N) is 3. The van der Waals surface area contributed by atoms with Crippen LogP contribution in [0.3, 0.4) is 0 Å². The molecule has 16 heteroatoms. The lowest BCUT2D eigenvalue weighted by molar-refractivity contribution is -0.160. The summed E-state index contributed by atoms with van der Waals surface area (Å²) < 4.78 is 95.6. The number of thiophene rings is 1. The minimum Gasteiger partial charge on any atom is -0.493 e. The molecule has 2 aromatic heterocycles. The number of halogens is 6. The van der Waals surface area contributed by atoms with E-state index < -0.39 is 63.3 Å². The highest BCUT2D eigenvalue weighted by Crippen LogP contribution is 2.44. The summed E-state index contributed by atoms with van der Waals surface area (Å²) in [6, 6.07) is 10.2. The highest BCUT2D eigenvalue weighted by molar-refractivity contribution is 7.13. The number of hydrogen-bond acceptors (Lipinski definition) is 7. The summed E-state index contributed by atoms with van der Waals surface area (Å²) in [4.78, 5) is 46.0. The van der Waals surface area contributed by atoms with Crippen LogP contribution in [0.4, 0.5) is 26.3 Å². The van der Waals surface area contributed by atoms with Gasteiger partial charge in [0.15, 0.2) is 5.06 Å². The Kier molecular flexibility index (Phi) is 12.8. The minimum atomic E-state index is -4.89. The van der Waals surface area contributed by atoms with Gasteiger partial charge in [0.25, 0.3) is 11.8 Å². The summed E-state index contributed by atoms with van der Waals surface area (Å²) >= 11 is 0.312. The number of alkyl halides is 6. The van der Waals surface area contributed by atoms with Gasteiger partial charge in [-0.1, -0.05) is 42.9 Å². The van der Waals surface area contributed by atoms with E-state index in [1.165, 1.54) is 4.90 Å². The summed E-state index contributed by atoms with van der Waals surface area (Å²) in [6.07, 6.45) is -5.91. The Morgan fingerprint density at radius 3 is 2.31 bits per heavy atom. The maximum atomic E-state index is 14.9. The number of aliphatic carboxylic acids is 1. The lowest BCUT2D eigenvalue weighted by Gasteiger charge is -2.50. The number of hydrogen-bond donors (Lipinski definition) is 1. The molecule has 0 saturated carbocycles. The summed E-state index contributed by atoms with van der Waals surface area (Å²) in [5, 5.41) is 9.23. The number of carbonyl (C=O) groups excluding carboxylic acids is 2. The van der Waals surface area contributed by atoms with E-state index in [2.05, 4.69) is 4.98 Å². The van der Waals surface area contributed by atoms with Gasteiger partial charge >= 0.3 is 18.3 Å². The van der Waals surface area contributed by atoms with E-state index in [0.717, 1.165) is 36.0 Å². The highest BCUT2D eigenvalue weighted by atomic mass is 32.1. The second kappa shape index (κ2) is 16.8. The molecular weight excluding hydrogens is 752 g/mol. The van der Waals surface area contributed by atoms with Gasteiger partial charge in [-0.3, -0.25) is 19.4 Å². The fourth-order valence-corrected chi connectivity index (χ4v) is 8.26. The number of likely N-dealkylation sites (tertiary alicyclic amines) is 2. The third-order valence-electron chi connectivity index (χ3n) is 10.4. The van der Waals surface area contributed by atoms with Gasteiger partial charge in [-0.05, 0) is 94.2 Å². The van der Waals surface area contributed by atoms with E-state index in [0.29, 0.717) is 55.8 Å². The molecule has 55 heavy (non-hydrogen) atoms. The van der Waals surface area contributed by atoms with Crippen molar-refractivity contribution in [2.24, 2.45) is 5.41 Å². The fraction of sp³-hybridized carbons (Fsp3) is 0.538. The highest BCUT2D eigenvalue weighted by Gasteiger charge is 2.56. The number of ether oxygens (including phenoxy) is 2. The maximum Gasteiger partial charge on any atom is 0.425 e. The van der Waals surface area contributed by atoms with Gasteiger partial charge in [0.1, 0.15) is 16.3 Å². The molecule has 2 aliphatic rings. The van der Waals surface area contributed by atoms with Crippen LogP contribution in [0.1, 0.15) is 105 Å². The van der Waals surface area contributed by atoms with E-state index in [-0.39, 0.29) is 49.9 Å². The average molecular weight is 798 g/mol. The molecule has 9 nitrogen and oxygen atoms in total. The van der Waals surface area contributed by atoms with Gasteiger partial charge in [0, 0.05) is 32.3 Å². The molecule has 300 valence electrons. The molecule has 2 aliphatic heterocycles. The van der Waals surface area contributed by atoms with Gasteiger partial charge in [0.2, 0.25) is 5.60 Å². The van der Waals surface area contributed by atoms with Crippen LogP contribution in [0.5, 0.6) is 10.8 Å². The normalized spacial score (nSPS) is 20.0. The van der Waals surface area contributed by atoms with Crippen LogP contribution in [-0.4, -0.2) is 75.6 Å². The zero-order valence-corrected chi connectivity index (χ0v) is 31.7. The molecule has 2 fully saturated rings. The lowest BCUT2D eigenvalue weighted by atomic mass is 9.79. The SMILES string of the molecule is CCC[C@H]1N(C(=O)c2ncccc2C(F)(F)F)CCC[C@@]1(Oc1ccc(C(F)(F)F)s1)C(=O)N1CCC(c2ccccc2OCCCC(C)(C)C(=O)O)CC1. The number of para-hydroxylation sites is 1. The van der Waals surface area contributed by atoms with E-state index in [1.807, 2.05) is 24.3 Å². The second-order valence-electron chi connectivity index (χ2n) is 14.7. The quantitative estimate of drug-likeness (QED) is 0.136. The Hall–Kier alpha value is -4.34. The smallest absolute Gasteiger partial charge is 0.425 e. The number of carboxylic acid groups (broad SMARTS) is 1. The summed E-state index contributed by atoms with van der Waals surface area (Å²) in [6.45, 7) is 5.86. The summed E-state index contributed by atoms with van der Waals surface area (Å²) in [5.74, 6) is -1.86. The predicted molar refractivity (Wildman–Crippen MR) is 192 cm³/mol. The van der Waals surface area contributed by atoms with Gasteiger partial charge < -0.3 is 24.4 Å². The Labute approximate surface area is 319 Å². The molecular formula is C39H45F6N3O6S. The minimum absolute atomic E-state index is 0.0132. The van der Waals surface area contributed by atoms with Crippen molar-refractivity contribution in [3.63, 3.8) is 0 Å². The first-order valence-electron chi connectivity index (χ1n) is 18.3. The van der Waals surface area contributed by atoms with Crippen molar-refractivity contribution in [1.29, 1.82) is 0 Å². The number of carbonyl (C=O) groups is 3. The topological polar surface area (TPSA) is 109 Å². The molecule has 2 amide bonds. The fourth-order valence-electron chi connectivity index (χ4n) is 7.46. The standard InChI is InChI=1S/C39H45F6N3O6S/c1-4-10-29-37(54-31-15-14-30(55-31)39(43,44)45,19-8-21-48(29)33(49)32-27(38(40,41)42)12-7-20-46-32)34(50)47-22-16-25(17-23-47)26-11-5-6-13-28(26)53-24-9-18-36(2,3)35(51)52/h5-7,11-15,20,25,29H,4,8-10,16-19,21-24H2,1-3H3,(H,51,52)/t29-,37+/m1/s1. The van der Waals surface area contributed by atoms with Crippen LogP contribution in [0.25, 0.3) is 0 Å². The molecule has 2 saturated heterocycles. The molecule has 2 atom stereocenters. The number of benzene rings is 1. The Bertz CT molecular complexity index is 1820. The van der Waals surface area contributed by atoms with Gasteiger partial charge in [-0.25, -0.2) is 0 Å². The number of amides is 2. The van der Waals surface area contributed by atoms with Gasteiger partial charge in [-0.2, -0.15) is 26.3 Å². The van der Waals surface area contributed by atoms with Crippen LogP contribution < -0.4 is 9.47 Å². The van der Waals surface area contributed by atoms with Crippen LogP contribution in [0.15, 0.2) is 54.7 Å². The van der Waals surface area contributed by atoms with Crippen molar-refractivity contribution in [3.8, 4) is 10.8 Å². The first-order chi connectivity index (χ1) is 25.9. The summed E-state index contributed by atoms with van der Waals surface area (Å²) in [7, 11) is 0. The Balaban J connectivity index is 1.42. The van der Waals surface area contributed by atoms with E-state index >= 15 is 0 Å². The summed E-state index contributed by atoms with van der Waals surface area (Å²) in [5.41, 5.74) is -3.94. The number of pyridine rings is 1. The molecule has 0 bridgehead atoms. The Morgan fingerprint density at radius 1 is 0.964 bits per heavy atom. The lowest BCUT2D eigenvalue weighted by Crippen LogP contribution is -2.68. The van der Waals surface area contributed by atoms with Crippen molar-refractivity contribution < 1.29 is 55.3 Å². The first kappa shape index (κ1) is 41.8. The molecule has 0 radical (unpaired) electrons. The van der Waals surface area contributed by atoms with Crippen molar-refractivity contribution in [3.05, 3.63) is 76.4 Å². The van der Waals surface area contributed by atoms with Gasteiger partial charge in [0.05, 0.1) is 23.6 Å². The molecule has 0 unspecified atom stereocenters. The zero-order chi connectivity index (χ0) is 40.2. The van der Waals surface area contributed by atoms with Crippen LogP contribution in [0, 0.1) is 5.41 Å². The number of rotatable bonds is 13. The molecule has 0 aliphatic carbocycles. The molecule has 4 heterocycles. The third kappa shape index (κ3) is 9.38. The molecule has 5 rings (SSSR count). The van der Waals surface area contributed by atoms with Crippen LogP contribution in [0.2, 0.25) is 0 Å². The molecule has 0 spiro atoms. The third-order valence-corrected chi connectivity index (χ3v) is 11.4. The van der Waals surface area contributed by atoms with Crippen molar-refractivity contribution >= 4 is 29.1 Å². The van der Waals surface area contributed by atoms with Crippen molar-refractivity contribution in [2.45, 2.75) is 102 Å². The van der Waals surface area contributed by atoms with E-state index in [9.17, 15) is 45.8 Å². The molecule has 3 aromatic rings. The number of piperidine rings is 2. The largest absolute Gasteiger partial charge is 0.493 e. The van der Waals surface area contributed by atoms with Crippen molar-refractivity contribution in [2.75, 3.05) is 26.2 Å². The predicted octanol–water partition coefficient (Wildman–Crippen LogP) is 9.08. The van der Waals surface area contributed by atoms with E-state index in [1.54, 1.807) is 25.7 Å². The molecule has 1 N–H and O–H groups in total. The average Bonchev–Trinajstić information content (AvgIpc) is 3.63. The number of aromatic nitrogens is 1. The van der Waals surface area contributed by atoms with Crippen LogP contribution in [-0.2, 0) is 21.9 Å². The molecule has 1 aromatic carbocycles. The maximum absolute atomic E-state index is 14.9. The first-order valence-corrected chi connectivity index (χ1v) is 19.1.